The normalized spacial score (nSPS) is 18.3. The second-order valence-electron chi connectivity index (χ2n) is 4.16. The summed E-state index contributed by atoms with van der Waals surface area (Å²) in [7, 11) is 0. The number of aromatic nitrogens is 2. The number of nitriles is 1. The van der Waals surface area contributed by atoms with Gasteiger partial charge in [0.05, 0.1) is 22.7 Å². The van der Waals surface area contributed by atoms with E-state index < -0.39 is 0 Å². The van der Waals surface area contributed by atoms with Crippen molar-refractivity contribution in [3.05, 3.63) is 30.0 Å². The lowest BCUT2D eigenvalue weighted by Gasteiger charge is -2.34. The Morgan fingerprint density at radius 2 is 2.13 bits per heavy atom. The highest BCUT2D eigenvalue weighted by Gasteiger charge is 2.41. The largest absolute Gasteiger partial charge is 0.280 e. The van der Waals surface area contributed by atoms with Gasteiger partial charge in [-0.15, -0.1) is 0 Å². The Kier molecular flexibility index (Phi) is 1.60. The van der Waals surface area contributed by atoms with Gasteiger partial charge < -0.3 is 0 Å². The molecule has 1 heterocycles. The number of rotatable bonds is 1. The van der Waals surface area contributed by atoms with Gasteiger partial charge in [-0.05, 0) is 25.3 Å². The number of para-hydroxylation sites is 1. The van der Waals surface area contributed by atoms with Gasteiger partial charge in [0, 0.05) is 5.39 Å². The third-order valence-corrected chi connectivity index (χ3v) is 3.36. The minimum atomic E-state index is -0.296. The van der Waals surface area contributed by atoms with Crippen molar-refractivity contribution in [2.75, 3.05) is 0 Å². The van der Waals surface area contributed by atoms with Gasteiger partial charge in [-0.2, -0.15) is 10.4 Å². The Morgan fingerprint density at radius 3 is 2.80 bits per heavy atom. The zero-order valence-electron chi connectivity index (χ0n) is 8.33. The van der Waals surface area contributed by atoms with Crippen LogP contribution in [-0.2, 0) is 5.41 Å². The summed E-state index contributed by atoms with van der Waals surface area (Å²) in [5.74, 6) is 0. The molecule has 0 amide bonds. The number of nitrogens with one attached hydrogen (secondary N) is 1. The molecule has 0 bridgehead atoms. The van der Waals surface area contributed by atoms with E-state index in [2.05, 4.69) is 16.3 Å². The van der Waals surface area contributed by atoms with Crippen LogP contribution in [0.3, 0.4) is 0 Å². The first-order valence-corrected chi connectivity index (χ1v) is 5.21. The van der Waals surface area contributed by atoms with E-state index >= 15 is 0 Å². The molecule has 0 spiro atoms. The monoisotopic (exact) mass is 197 g/mol. The van der Waals surface area contributed by atoms with Crippen LogP contribution in [0.4, 0.5) is 0 Å². The van der Waals surface area contributed by atoms with Crippen molar-refractivity contribution in [3.8, 4) is 6.07 Å². The zero-order chi connectivity index (χ0) is 10.3. The summed E-state index contributed by atoms with van der Waals surface area (Å²) >= 11 is 0. The van der Waals surface area contributed by atoms with Crippen molar-refractivity contribution in [2.24, 2.45) is 0 Å². The molecule has 74 valence electrons. The fraction of sp³-hybridized carbons (Fsp3) is 0.333. The molecule has 0 unspecified atom stereocenters. The van der Waals surface area contributed by atoms with Crippen LogP contribution in [0, 0.1) is 11.3 Å². The predicted octanol–water partition coefficient (Wildman–Crippen LogP) is 2.51. The van der Waals surface area contributed by atoms with Crippen LogP contribution >= 0.6 is 0 Å². The second kappa shape index (κ2) is 2.83. The Hall–Kier alpha value is -1.82. The highest BCUT2D eigenvalue weighted by Crippen LogP contribution is 2.44. The number of benzene rings is 1. The molecular weight excluding hydrogens is 186 g/mol. The van der Waals surface area contributed by atoms with E-state index in [1.165, 1.54) is 0 Å². The molecule has 1 fully saturated rings. The van der Waals surface area contributed by atoms with Crippen molar-refractivity contribution in [2.45, 2.75) is 24.7 Å². The standard InChI is InChI=1S/C12H11N3/c13-8-12(6-3-7-12)11-9-4-1-2-5-10(9)14-15-11/h1-2,4-5H,3,6-7H2,(H,14,15). The van der Waals surface area contributed by atoms with Gasteiger partial charge >= 0.3 is 0 Å². The minimum Gasteiger partial charge on any atom is -0.280 e. The van der Waals surface area contributed by atoms with Crippen LogP contribution in [-0.4, -0.2) is 10.2 Å². The molecule has 0 atom stereocenters. The summed E-state index contributed by atoms with van der Waals surface area (Å²) in [6, 6.07) is 10.4. The van der Waals surface area contributed by atoms with Crippen LogP contribution in [0.15, 0.2) is 24.3 Å². The number of hydrogen-bond donors (Lipinski definition) is 1. The van der Waals surface area contributed by atoms with Gasteiger partial charge in [-0.1, -0.05) is 18.2 Å². The van der Waals surface area contributed by atoms with Gasteiger partial charge in [-0.3, -0.25) is 5.10 Å². The fourth-order valence-electron chi connectivity index (χ4n) is 2.27. The molecule has 0 aliphatic heterocycles. The van der Waals surface area contributed by atoms with Gasteiger partial charge in [-0.25, -0.2) is 0 Å². The third-order valence-electron chi connectivity index (χ3n) is 3.36. The Morgan fingerprint density at radius 1 is 1.33 bits per heavy atom. The van der Waals surface area contributed by atoms with Crippen LogP contribution in [0.5, 0.6) is 0 Å². The van der Waals surface area contributed by atoms with Gasteiger partial charge in [0.15, 0.2) is 0 Å². The maximum atomic E-state index is 9.27. The molecule has 1 aromatic heterocycles. The van der Waals surface area contributed by atoms with Crippen LogP contribution in [0.1, 0.15) is 25.0 Å². The maximum absolute atomic E-state index is 9.27. The van der Waals surface area contributed by atoms with E-state index in [0.717, 1.165) is 35.9 Å². The number of H-pyrrole nitrogens is 1. The number of fused-ring (bicyclic) bond motifs is 1. The summed E-state index contributed by atoms with van der Waals surface area (Å²) in [6.07, 6.45) is 3.05. The van der Waals surface area contributed by atoms with E-state index in [1.807, 2.05) is 24.3 Å². The fourth-order valence-corrected chi connectivity index (χ4v) is 2.27. The lowest BCUT2D eigenvalue weighted by atomic mass is 9.67. The van der Waals surface area contributed by atoms with E-state index in [0.29, 0.717) is 0 Å². The zero-order valence-corrected chi connectivity index (χ0v) is 8.33. The van der Waals surface area contributed by atoms with Gasteiger partial charge in [0.25, 0.3) is 0 Å². The highest BCUT2D eigenvalue weighted by atomic mass is 15.1. The van der Waals surface area contributed by atoms with Crippen LogP contribution in [0.2, 0.25) is 0 Å². The summed E-state index contributed by atoms with van der Waals surface area (Å²) in [5.41, 5.74) is 1.66. The molecule has 3 heteroatoms. The Balaban J connectivity index is 2.24. The average molecular weight is 197 g/mol. The van der Waals surface area contributed by atoms with Crippen molar-refractivity contribution in [1.82, 2.24) is 10.2 Å². The van der Waals surface area contributed by atoms with E-state index in [4.69, 9.17) is 0 Å². The van der Waals surface area contributed by atoms with Gasteiger partial charge in [0.1, 0.15) is 0 Å². The summed E-state index contributed by atoms with van der Waals surface area (Å²) < 4.78 is 0. The first-order valence-electron chi connectivity index (χ1n) is 5.21. The molecule has 1 N–H and O–H groups in total. The first kappa shape index (κ1) is 8.49. The summed E-state index contributed by atoms with van der Waals surface area (Å²) in [4.78, 5) is 0. The molecule has 3 rings (SSSR count). The topological polar surface area (TPSA) is 52.5 Å². The molecule has 2 aromatic rings. The van der Waals surface area contributed by atoms with Crippen LogP contribution in [0.25, 0.3) is 10.9 Å². The minimum absolute atomic E-state index is 0.296. The summed E-state index contributed by atoms with van der Waals surface area (Å²) in [5, 5.41) is 17.6. The highest BCUT2D eigenvalue weighted by molar-refractivity contribution is 5.82. The van der Waals surface area contributed by atoms with E-state index in [9.17, 15) is 5.26 Å². The van der Waals surface area contributed by atoms with Crippen molar-refractivity contribution in [3.63, 3.8) is 0 Å². The van der Waals surface area contributed by atoms with E-state index in [1.54, 1.807) is 0 Å². The molecule has 0 radical (unpaired) electrons. The van der Waals surface area contributed by atoms with E-state index in [-0.39, 0.29) is 5.41 Å². The Bertz CT molecular complexity index is 543. The molecule has 3 nitrogen and oxygen atoms in total. The quantitative estimate of drug-likeness (QED) is 0.763. The predicted molar refractivity (Wildman–Crippen MR) is 57.2 cm³/mol. The molecule has 0 saturated heterocycles. The molecule has 1 aromatic carbocycles. The molecular formula is C12H11N3. The molecule has 1 aliphatic rings. The second-order valence-corrected chi connectivity index (χ2v) is 4.16. The summed E-state index contributed by atoms with van der Waals surface area (Å²) in [6.45, 7) is 0. The SMILES string of the molecule is N#CC1(c2[nH]nc3ccccc23)CCC1. The van der Waals surface area contributed by atoms with Crippen molar-refractivity contribution < 1.29 is 0 Å². The molecule has 1 aliphatic carbocycles. The lowest BCUT2D eigenvalue weighted by Crippen LogP contribution is -2.32. The number of aromatic amines is 1. The average Bonchev–Trinajstić information content (AvgIpc) is 2.62. The molecule has 1 saturated carbocycles. The van der Waals surface area contributed by atoms with Gasteiger partial charge in [0.2, 0.25) is 0 Å². The number of hydrogen-bond acceptors (Lipinski definition) is 2. The van der Waals surface area contributed by atoms with Crippen LogP contribution < -0.4 is 0 Å². The van der Waals surface area contributed by atoms with Crippen molar-refractivity contribution in [1.29, 1.82) is 5.26 Å². The third kappa shape index (κ3) is 1.02. The van der Waals surface area contributed by atoms with Crippen molar-refractivity contribution >= 4 is 10.9 Å². The Labute approximate surface area is 87.7 Å². The maximum Gasteiger partial charge on any atom is 0.0993 e. The number of nitrogens with zero attached hydrogens (tertiary/aromatic N) is 2. The molecule has 15 heavy (non-hydrogen) atoms. The lowest BCUT2D eigenvalue weighted by molar-refractivity contribution is 0.318. The smallest absolute Gasteiger partial charge is 0.0993 e. The first-order chi connectivity index (χ1) is 7.36.